The zero-order valence-electron chi connectivity index (χ0n) is 9.98. The van der Waals surface area contributed by atoms with Crippen LogP contribution in [-0.4, -0.2) is 5.11 Å². The summed E-state index contributed by atoms with van der Waals surface area (Å²) in [6.07, 6.45) is 2.30. The first-order valence-corrected chi connectivity index (χ1v) is 6.12. The Labute approximate surface area is 102 Å². The molecule has 0 spiro atoms. The van der Waals surface area contributed by atoms with Crippen molar-refractivity contribution in [2.24, 2.45) is 0 Å². The smallest absolute Gasteiger partial charge is 0.116 e. The molecule has 1 N–H and O–H groups in total. The fourth-order valence-corrected chi connectivity index (χ4v) is 2.90. The van der Waals surface area contributed by atoms with E-state index >= 15 is 0 Å². The van der Waals surface area contributed by atoms with Crippen LogP contribution >= 0.6 is 0 Å². The summed E-state index contributed by atoms with van der Waals surface area (Å²) in [4.78, 5) is 0. The van der Waals surface area contributed by atoms with Gasteiger partial charge in [0.25, 0.3) is 0 Å². The van der Waals surface area contributed by atoms with Gasteiger partial charge < -0.3 is 5.11 Å². The molecule has 3 rings (SSSR count). The lowest BCUT2D eigenvalue weighted by molar-refractivity contribution is 0.473. The van der Waals surface area contributed by atoms with Crippen LogP contribution in [0.4, 0.5) is 0 Å². The van der Waals surface area contributed by atoms with Crippen LogP contribution < -0.4 is 0 Å². The summed E-state index contributed by atoms with van der Waals surface area (Å²) >= 11 is 0. The number of aryl methyl sites for hydroxylation is 2. The minimum atomic E-state index is 0.379. The Kier molecular flexibility index (Phi) is 2.40. The predicted molar refractivity (Wildman–Crippen MR) is 69.4 cm³/mol. The van der Waals surface area contributed by atoms with E-state index in [2.05, 4.69) is 30.3 Å². The fourth-order valence-electron chi connectivity index (χ4n) is 2.90. The standard InChI is InChI=1S/C16H16O/c1-11-8-13(10-14(17)9-11)16-7-6-12-4-2-3-5-15(12)16/h2-5,8-10,16-17H,6-7H2,1H3. The van der Waals surface area contributed by atoms with Gasteiger partial charge in [0.15, 0.2) is 0 Å². The molecule has 1 atom stereocenters. The number of phenols is 1. The van der Waals surface area contributed by atoms with Gasteiger partial charge in [-0.25, -0.2) is 0 Å². The van der Waals surface area contributed by atoms with Crippen molar-refractivity contribution in [2.45, 2.75) is 25.7 Å². The second-order valence-corrected chi connectivity index (χ2v) is 4.89. The van der Waals surface area contributed by atoms with Crippen molar-refractivity contribution in [1.82, 2.24) is 0 Å². The maximum absolute atomic E-state index is 9.70. The summed E-state index contributed by atoms with van der Waals surface area (Å²) in [7, 11) is 0. The van der Waals surface area contributed by atoms with Crippen LogP contribution in [0.5, 0.6) is 5.75 Å². The number of hydrogen-bond acceptors (Lipinski definition) is 1. The third-order valence-electron chi connectivity index (χ3n) is 3.62. The summed E-state index contributed by atoms with van der Waals surface area (Å²) in [6.45, 7) is 2.03. The summed E-state index contributed by atoms with van der Waals surface area (Å²) in [6, 6.07) is 14.5. The highest BCUT2D eigenvalue weighted by Crippen LogP contribution is 2.39. The molecule has 2 aromatic rings. The van der Waals surface area contributed by atoms with Crippen molar-refractivity contribution < 1.29 is 5.11 Å². The molecule has 1 aliphatic carbocycles. The predicted octanol–water partition coefficient (Wildman–Crippen LogP) is 3.78. The molecule has 0 saturated heterocycles. The topological polar surface area (TPSA) is 20.2 Å². The minimum Gasteiger partial charge on any atom is -0.508 e. The van der Waals surface area contributed by atoms with E-state index in [9.17, 15) is 5.11 Å². The van der Waals surface area contributed by atoms with E-state index in [1.165, 1.54) is 16.7 Å². The third-order valence-corrected chi connectivity index (χ3v) is 3.62. The molecule has 1 heteroatoms. The van der Waals surface area contributed by atoms with Crippen LogP contribution in [0, 0.1) is 6.92 Å². The molecule has 1 unspecified atom stereocenters. The minimum absolute atomic E-state index is 0.379. The van der Waals surface area contributed by atoms with Crippen LogP contribution in [0.2, 0.25) is 0 Å². The Morgan fingerprint density at radius 3 is 2.76 bits per heavy atom. The summed E-state index contributed by atoms with van der Waals surface area (Å²) in [5, 5.41) is 9.70. The summed E-state index contributed by atoms with van der Waals surface area (Å²) in [5.41, 5.74) is 5.26. The van der Waals surface area contributed by atoms with Crippen LogP contribution in [0.1, 0.15) is 34.6 Å². The second kappa shape index (κ2) is 3.92. The zero-order chi connectivity index (χ0) is 11.8. The van der Waals surface area contributed by atoms with Gasteiger partial charge in [0, 0.05) is 5.92 Å². The van der Waals surface area contributed by atoms with Crippen LogP contribution in [0.15, 0.2) is 42.5 Å². The average molecular weight is 224 g/mol. The van der Waals surface area contributed by atoms with Crippen molar-refractivity contribution in [2.75, 3.05) is 0 Å². The molecular formula is C16H16O. The molecule has 1 aliphatic rings. The molecule has 0 saturated carbocycles. The highest BCUT2D eigenvalue weighted by Gasteiger charge is 2.23. The number of hydrogen-bond donors (Lipinski definition) is 1. The van der Waals surface area contributed by atoms with Crippen LogP contribution in [0.25, 0.3) is 0 Å². The average Bonchev–Trinajstić information content (AvgIpc) is 2.71. The van der Waals surface area contributed by atoms with Crippen molar-refractivity contribution in [3.63, 3.8) is 0 Å². The summed E-state index contributed by atoms with van der Waals surface area (Å²) in [5.74, 6) is 0.835. The molecule has 0 amide bonds. The number of rotatable bonds is 1. The summed E-state index contributed by atoms with van der Waals surface area (Å²) < 4.78 is 0. The molecule has 2 aromatic carbocycles. The molecule has 0 fully saturated rings. The Morgan fingerprint density at radius 1 is 1.12 bits per heavy atom. The second-order valence-electron chi connectivity index (χ2n) is 4.89. The lowest BCUT2D eigenvalue weighted by Gasteiger charge is -2.13. The van der Waals surface area contributed by atoms with Gasteiger partial charge in [0.2, 0.25) is 0 Å². The first-order valence-electron chi connectivity index (χ1n) is 6.12. The van der Waals surface area contributed by atoms with Crippen LogP contribution in [-0.2, 0) is 6.42 Å². The van der Waals surface area contributed by atoms with E-state index in [4.69, 9.17) is 0 Å². The van der Waals surface area contributed by atoms with Crippen LogP contribution in [0.3, 0.4) is 0 Å². The van der Waals surface area contributed by atoms with Gasteiger partial charge in [0.1, 0.15) is 5.75 Å². The molecular weight excluding hydrogens is 208 g/mol. The zero-order valence-corrected chi connectivity index (χ0v) is 9.98. The van der Waals surface area contributed by atoms with Gasteiger partial charge in [-0.2, -0.15) is 0 Å². The molecule has 86 valence electrons. The van der Waals surface area contributed by atoms with E-state index in [1.54, 1.807) is 0 Å². The highest BCUT2D eigenvalue weighted by molar-refractivity contribution is 5.45. The quantitative estimate of drug-likeness (QED) is 0.781. The van der Waals surface area contributed by atoms with Gasteiger partial charge in [-0.3, -0.25) is 0 Å². The van der Waals surface area contributed by atoms with E-state index in [0.717, 1.165) is 18.4 Å². The lowest BCUT2D eigenvalue weighted by Crippen LogP contribution is -1.96. The van der Waals surface area contributed by atoms with Gasteiger partial charge >= 0.3 is 0 Å². The Balaban J connectivity index is 2.06. The maximum atomic E-state index is 9.70. The van der Waals surface area contributed by atoms with Gasteiger partial charge in [-0.15, -0.1) is 0 Å². The third kappa shape index (κ3) is 1.82. The number of phenolic OH excluding ortho intramolecular Hbond substituents is 1. The molecule has 0 aliphatic heterocycles. The monoisotopic (exact) mass is 224 g/mol. The molecule has 0 heterocycles. The van der Waals surface area contributed by atoms with Gasteiger partial charge in [0.05, 0.1) is 0 Å². The van der Waals surface area contributed by atoms with Gasteiger partial charge in [-0.1, -0.05) is 30.3 Å². The lowest BCUT2D eigenvalue weighted by atomic mass is 9.92. The molecule has 1 nitrogen and oxygen atoms in total. The Morgan fingerprint density at radius 2 is 1.94 bits per heavy atom. The molecule has 0 bridgehead atoms. The van der Waals surface area contributed by atoms with E-state index in [1.807, 2.05) is 19.1 Å². The number of fused-ring (bicyclic) bond motifs is 1. The van der Waals surface area contributed by atoms with Crippen molar-refractivity contribution in [3.8, 4) is 5.75 Å². The van der Waals surface area contributed by atoms with Crippen molar-refractivity contribution >= 4 is 0 Å². The largest absolute Gasteiger partial charge is 0.508 e. The highest BCUT2D eigenvalue weighted by atomic mass is 16.3. The SMILES string of the molecule is Cc1cc(O)cc(C2CCc3ccccc32)c1. The molecule has 0 radical (unpaired) electrons. The van der Waals surface area contributed by atoms with Crippen molar-refractivity contribution in [3.05, 3.63) is 64.7 Å². The molecule has 17 heavy (non-hydrogen) atoms. The Hall–Kier alpha value is -1.76. The van der Waals surface area contributed by atoms with E-state index in [0.29, 0.717) is 11.7 Å². The van der Waals surface area contributed by atoms with Gasteiger partial charge in [-0.05, 0) is 54.2 Å². The normalized spacial score (nSPS) is 18.1. The number of benzene rings is 2. The molecule has 0 aromatic heterocycles. The van der Waals surface area contributed by atoms with E-state index in [-0.39, 0.29) is 0 Å². The first-order chi connectivity index (χ1) is 8.24. The maximum Gasteiger partial charge on any atom is 0.116 e. The first kappa shape index (κ1) is 10.4. The van der Waals surface area contributed by atoms with Crippen molar-refractivity contribution in [1.29, 1.82) is 0 Å². The number of aromatic hydroxyl groups is 1. The van der Waals surface area contributed by atoms with E-state index < -0.39 is 0 Å². The Bertz CT molecular complexity index is 537. The fraction of sp³-hybridized carbons (Fsp3) is 0.250.